The predicted molar refractivity (Wildman–Crippen MR) is 48.9 cm³/mol. The quantitative estimate of drug-likeness (QED) is 0.694. The molecule has 0 atom stereocenters. The van der Waals surface area contributed by atoms with Crippen LogP contribution in [0.25, 0.3) is 5.65 Å². The molecule has 0 fully saturated rings. The molecule has 68 valence electrons. The highest BCUT2D eigenvalue weighted by Gasteiger charge is 2.01. The van der Waals surface area contributed by atoms with Gasteiger partial charge in [0, 0.05) is 6.07 Å². The fourth-order valence-corrected chi connectivity index (χ4v) is 1.19. The molecule has 0 amide bonds. The van der Waals surface area contributed by atoms with Gasteiger partial charge in [-0.3, -0.25) is 0 Å². The Labute approximate surface area is 76.2 Å². The molecule has 0 N–H and O–H groups in total. The Hall–Kier alpha value is -1.58. The Kier molecular flexibility index (Phi) is 1.88. The Morgan fingerprint density at radius 2 is 2.38 bits per heavy atom. The van der Waals surface area contributed by atoms with Gasteiger partial charge < -0.3 is 4.74 Å². The maximum atomic E-state index is 5.05. The monoisotopic (exact) mass is 177 g/mol. The molecule has 2 aromatic heterocycles. The van der Waals surface area contributed by atoms with Gasteiger partial charge in [-0.15, -0.1) is 0 Å². The summed E-state index contributed by atoms with van der Waals surface area (Å²) in [5, 5.41) is 4.15. The molecule has 0 saturated carbocycles. The van der Waals surface area contributed by atoms with Gasteiger partial charge in [-0.1, -0.05) is 6.92 Å². The fraction of sp³-hybridized carbons (Fsp3) is 0.333. The third kappa shape index (κ3) is 1.35. The van der Waals surface area contributed by atoms with Crippen molar-refractivity contribution in [2.45, 2.75) is 13.3 Å². The molecule has 2 heterocycles. The second kappa shape index (κ2) is 3.05. The number of ether oxygens (including phenoxy) is 1. The fourth-order valence-electron chi connectivity index (χ4n) is 1.19. The normalized spacial score (nSPS) is 10.6. The van der Waals surface area contributed by atoms with Crippen molar-refractivity contribution in [3.05, 3.63) is 24.2 Å². The van der Waals surface area contributed by atoms with Crippen molar-refractivity contribution in [2.24, 2.45) is 0 Å². The van der Waals surface area contributed by atoms with Crippen LogP contribution in [0.3, 0.4) is 0 Å². The second-order valence-corrected chi connectivity index (χ2v) is 2.78. The Balaban J connectivity index is 2.57. The molecule has 0 aliphatic rings. The molecule has 0 radical (unpaired) electrons. The highest BCUT2D eigenvalue weighted by molar-refractivity contribution is 5.43. The molecule has 4 heteroatoms. The van der Waals surface area contributed by atoms with Crippen molar-refractivity contribution in [2.75, 3.05) is 7.11 Å². The summed E-state index contributed by atoms with van der Waals surface area (Å²) in [5.41, 5.74) is 1.87. The number of imidazole rings is 1. The molecule has 0 aliphatic carbocycles. The van der Waals surface area contributed by atoms with Crippen LogP contribution in [0.2, 0.25) is 0 Å². The number of methoxy groups -OCH3 is 1. The summed E-state index contributed by atoms with van der Waals surface area (Å²) in [6.07, 6.45) is 4.52. The van der Waals surface area contributed by atoms with E-state index in [1.807, 2.05) is 12.3 Å². The summed E-state index contributed by atoms with van der Waals surface area (Å²) in [4.78, 5) is 4.36. The van der Waals surface area contributed by atoms with Gasteiger partial charge >= 0.3 is 0 Å². The Bertz CT molecular complexity index is 420. The molecular formula is C9H11N3O. The maximum Gasteiger partial charge on any atom is 0.157 e. The number of hydrogen-bond donors (Lipinski definition) is 0. The van der Waals surface area contributed by atoms with Crippen molar-refractivity contribution < 1.29 is 4.74 Å². The van der Waals surface area contributed by atoms with Crippen LogP contribution in [-0.2, 0) is 6.42 Å². The summed E-state index contributed by atoms with van der Waals surface area (Å²) in [5.74, 6) is 0.737. The summed E-state index contributed by atoms with van der Waals surface area (Å²) in [6, 6.07) is 1.87. The van der Waals surface area contributed by atoms with E-state index in [0.717, 1.165) is 23.5 Å². The van der Waals surface area contributed by atoms with Crippen molar-refractivity contribution in [1.82, 2.24) is 14.6 Å². The standard InChI is InChI=1S/C9H11N3O/c1-3-7-6-12-9(11-7)4-8(13-2)5-10-12/h4-6H,3H2,1-2H3. The Morgan fingerprint density at radius 1 is 1.54 bits per heavy atom. The third-order valence-electron chi connectivity index (χ3n) is 1.94. The first kappa shape index (κ1) is 8.04. The number of fused-ring (bicyclic) bond motifs is 1. The topological polar surface area (TPSA) is 39.4 Å². The van der Waals surface area contributed by atoms with Crippen molar-refractivity contribution >= 4 is 5.65 Å². The summed E-state index contributed by atoms with van der Waals surface area (Å²) < 4.78 is 6.80. The van der Waals surface area contributed by atoms with E-state index in [4.69, 9.17) is 4.74 Å². The lowest BCUT2D eigenvalue weighted by Gasteiger charge is -1.97. The first-order valence-electron chi connectivity index (χ1n) is 4.21. The van der Waals surface area contributed by atoms with E-state index in [2.05, 4.69) is 17.0 Å². The number of rotatable bonds is 2. The Morgan fingerprint density at radius 3 is 3.08 bits per heavy atom. The van der Waals surface area contributed by atoms with Gasteiger partial charge in [0.1, 0.15) is 5.75 Å². The van der Waals surface area contributed by atoms with E-state index in [0.29, 0.717) is 0 Å². The van der Waals surface area contributed by atoms with E-state index < -0.39 is 0 Å². The van der Waals surface area contributed by atoms with Crippen LogP contribution >= 0.6 is 0 Å². The first-order valence-corrected chi connectivity index (χ1v) is 4.21. The molecule has 0 unspecified atom stereocenters. The molecule has 0 spiro atoms. The lowest BCUT2D eigenvalue weighted by molar-refractivity contribution is 0.411. The SMILES string of the molecule is CCc1cn2ncc(OC)cc2n1. The van der Waals surface area contributed by atoms with Gasteiger partial charge in [0.2, 0.25) is 0 Å². The van der Waals surface area contributed by atoms with Crippen LogP contribution in [0.1, 0.15) is 12.6 Å². The molecular weight excluding hydrogens is 166 g/mol. The first-order chi connectivity index (χ1) is 6.33. The van der Waals surface area contributed by atoms with Crippen LogP contribution < -0.4 is 4.74 Å². The van der Waals surface area contributed by atoms with E-state index >= 15 is 0 Å². The van der Waals surface area contributed by atoms with E-state index in [1.165, 1.54) is 0 Å². The van der Waals surface area contributed by atoms with Gasteiger partial charge in [0.05, 0.1) is 25.2 Å². The van der Waals surface area contributed by atoms with Crippen LogP contribution in [0.15, 0.2) is 18.5 Å². The van der Waals surface area contributed by atoms with Crippen LogP contribution in [0.5, 0.6) is 5.75 Å². The summed E-state index contributed by atoms with van der Waals surface area (Å²) >= 11 is 0. The average Bonchev–Trinajstić information content (AvgIpc) is 2.58. The van der Waals surface area contributed by atoms with E-state index in [-0.39, 0.29) is 0 Å². The number of nitrogens with zero attached hydrogens (tertiary/aromatic N) is 3. The van der Waals surface area contributed by atoms with Crippen molar-refractivity contribution in [3.8, 4) is 5.75 Å². The van der Waals surface area contributed by atoms with Gasteiger partial charge in [-0.05, 0) is 6.42 Å². The van der Waals surface area contributed by atoms with Gasteiger partial charge in [0.15, 0.2) is 5.65 Å². The molecule has 0 aliphatic heterocycles. The molecule has 0 saturated heterocycles. The highest BCUT2D eigenvalue weighted by atomic mass is 16.5. The lowest BCUT2D eigenvalue weighted by Crippen LogP contribution is -1.91. The zero-order valence-electron chi connectivity index (χ0n) is 7.69. The van der Waals surface area contributed by atoms with Gasteiger partial charge in [-0.25, -0.2) is 9.50 Å². The van der Waals surface area contributed by atoms with Crippen LogP contribution in [0, 0.1) is 0 Å². The van der Waals surface area contributed by atoms with E-state index in [1.54, 1.807) is 17.8 Å². The highest BCUT2D eigenvalue weighted by Crippen LogP contribution is 2.11. The molecule has 4 nitrogen and oxygen atoms in total. The number of aromatic nitrogens is 3. The predicted octanol–water partition coefficient (Wildman–Crippen LogP) is 1.30. The van der Waals surface area contributed by atoms with Gasteiger partial charge in [0.25, 0.3) is 0 Å². The van der Waals surface area contributed by atoms with Crippen LogP contribution in [-0.4, -0.2) is 21.7 Å². The minimum absolute atomic E-state index is 0.737. The maximum absolute atomic E-state index is 5.05. The number of aryl methyl sites for hydroxylation is 1. The smallest absolute Gasteiger partial charge is 0.157 e. The van der Waals surface area contributed by atoms with Gasteiger partial charge in [-0.2, -0.15) is 5.10 Å². The van der Waals surface area contributed by atoms with E-state index in [9.17, 15) is 0 Å². The molecule has 13 heavy (non-hydrogen) atoms. The minimum Gasteiger partial charge on any atom is -0.495 e. The largest absolute Gasteiger partial charge is 0.495 e. The third-order valence-corrected chi connectivity index (χ3v) is 1.94. The molecule has 0 aromatic carbocycles. The zero-order chi connectivity index (χ0) is 9.26. The second-order valence-electron chi connectivity index (χ2n) is 2.78. The summed E-state index contributed by atoms with van der Waals surface area (Å²) in [7, 11) is 1.62. The van der Waals surface area contributed by atoms with Crippen molar-refractivity contribution in [1.29, 1.82) is 0 Å². The average molecular weight is 177 g/mol. The summed E-state index contributed by atoms with van der Waals surface area (Å²) in [6.45, 7) is 2.07. The lowest BCUT2D eigenvalue weighted by atomic mass is 10.4. The molecule has 0 bridgehead atoms. The van der Waals surface area contributed by atoms with Crippen LogP contribution in [0.4, 0.5) is 0 Å². The van der Waals surface area contributed by atoms with Crippen molar-refractivity contribution in [3.63, 3.8) is 0 Å². The molecule has 2 aromatic rings. The zero-order valence-corrected chi connectivity index (χ0v) is 7.69. The minimum atomic E-state index is 0.737. The molecule has 2 rings (SSSR count). The number of hydrogen-bond acceptors (Lipinski definition) is 3.